The largest absolute Gasteiger partial charge is 0.392 e. The van der Waals surface area contributed by atoms with Crippen LogP contribution in [0.5, 0.6) is 0 Å². The van der Waals surface area contributed by atoms with Crippen molar-refractivity contribution in [3.63, 3.8) is 0 Å². The molecule has 10 nitrogen and oxygen atoms in total. The Hall–Kier alpha value is -4.82. The maximum absolute atomic E-state index is 13.8. The third-order valence-corrected chi connectivity index (χ3v) is 8.63. The number of nitriles is 1. The van der Waals surface area contributed by atoms with E-state index in [0.29, 0.717) is 67.6 Å². The van der Waals surface area contributed by atoms with E-state index in [1.54, 1.807) is 30.4 Å². The molecule has 230 valence electrons. The first-order valence-electron chi connectivity index (χ1n) is 15.1. The molecule has 45 heavy (non-hydrogen) atoms. The van der Waals surface area contributed by atoms with Gasteiger partial charge in [0.15, 0.2) is 0 Å². The van der Waals surface area contributed by atoms with Crippen LogP contribution in [0.2, 0.25) is 0 Å². The molecule has 1 fully saturated rings. The zero-order chi connectivity index (χ0) is 31.7. The van der Waals surface area contributed by atoms with E-state index < -0.39 is 5.41 Å². The first-order valence-corrected chi connectivity index (χ1v) is 15.1. The number of amides is 1. The van der Waals surface area contributed by atoms with Crippen molar-refractivity contribution in [1.82, 2.24) is 14.6 Å². The second kappa shape index (κ2) is 12.3. The predicted octanol–water partition coefficient (Wildman–Crippen LogP) is 4.33. The second-order valence-electron chi connectivity index (χ2n) is 11.9. The number of aromatic nitrogens is 2. The van der Waals surface area contributed by atoms with Crippen LogP contribution < -0.4 is 15.5 Å². The van der Waals surface area contributed by atoms with Gasteiger partial charge in [0.05, 0.1) is 37.0 Å². The van der Waals surface area contributed by atoms with Gasteiger partial charge in [0, 0.05) is 55.8 Å². The number of aliphatic hydroxyl groups is 1. The van der Waals surface area contributed by atoms with Crippen LogP contribution in [0.1, 0.15) is 40.9 Å². The van der Waals surface area contributed by atoms with Gasteiger partial charge in [0.1, 0.15) is 11.5 Å². The van der Waals surface area contributed by atoms with Crippen LogP contribution in [0, 0.1) is 11.3 Å². The molecule has 0 spiro atoms. The van der Waals surface area contributed by atoms with Gasteiger partial charge in [0.25, 0.3) is 11.5 Å². The van der Waals surface area contributed by atoms with Gasteiger partial charge in [-0.05, 0) is 67.3 Å². The molecule has 0 unspecified atom stereocenters. The lowest BCUT2D eigenvalue weighted by Crippen LogP contribution is -2.48. The standard InChI is InChI=1S/C35H36N6O4/c1-35(2,23-36)26-10-11-28-24(19-26)12-14-40(33(28)43)30-8-6-7-27(29(30)22-42)25-20-31(34(44)38(3)21-25)41(32-9-4-5-13-37-32)39-15-17-45-18-16-39/h4-11,13,19-21,42H,12,14-18,22H2,1-3H3. The van der Waals surface area contributed by atoms with Gasteiger partial charge in [-0.2, -0.15) is 5.26 Å². The van der Waals surface area contributed by atoms with Crippen LogP contribution in [0.15, 0.2) is 77.9 Å². The van der Waals surface area contributed by atoms with Crippen molar-refractivity contribution in [3.05, 3.63) is 106 Å². The van der Waals surface area contributed by atoms with Crippen molar-refractivity contribution in [2.45, 2.75) is 32.3 Å². The van der Waals surface area contributed by atoms with Gasteiger partial charge in [-0.1, -0.05) is 30.3 Å². The van der Waals surface area contributed by atoms with Crippen molar-refractivity contribution in [1.29, 1.82) is 5.26 Å². The Morgan fingerprint density at radius 2 is 1.82 bits per heavy atom. The lowest BCUT2D eigenvalue weighted by molar-refractivity contribution is 0.0374. The highest BCUT2D eigenvalue weighted by Crippen LogP contribution is 2.36. The summed E-state index contributed by atoms with van der Waals surface area (Å²) in [6, 6.07) is 21.0. The molecular weight excluding hydrogens is 568 g/mol. The summed E-state index contributed by atoms with van der Waals surface area (Å²) in [5.74, 6) is 0.461. The Bertz CT molecular complexity index is 1840. The lowest BCUT2D eigenvalue weighted by Gasteiger charge is -2.37. The molecule has 2 aliphatic heterocycles. The normalized spacial score (nSPS) is 15.4. The molecule has 0 saturated carbocycles. The number of anilines is 3. The molecule has 0 radical (unpaired) electrons. The minimum Gasteiger partial charge on any atom is -0.392 e. The zero-order valence-corrected chi connectivity index (χ0v) is 25.7. The maximum Gasteiger partial charge on any atom is 0.275 e. The van der Waals surface area contributed by atoms with Crippen molar-refractivity contribution in [2.75, 3.05) is 42.8 Å². The van der Waals surface area contributed by atoms with Crippen molar-refractivity contribution in [3.8, 4) is 17.2 Å². The van der Waals surface area contributed by atoms with Crippen LogP contribution >= 0.6 is 0 Å². The fourth-order valence-corrected chi connectivity index (χ4v) is 6.08. The van der Waals surface area contributed by atoms with Gasteiger partial charge in [-0.3, -0.25) is 14.6 Å². The number of ether oxygens (including phenoxy) is 1. The van der Waals surface area contributed by atoms with Crippen molar-refractivity contribution >= 4 is 23.1 Å². The molecule has 10 heteroatoms. The zero-order valence-electron chi connectivity index (χ0n) is 25.7. The number of hydrogen-bond acceptors (Lipinski definition) is 8. The molecule has 0 bridgehead atoms. The Morgan fingerprint density at radius 1 is 1.02 bits per heavy atom. The number of fused-ring (bicyclic) bond motifs is 1. The molecule has 2 aromatic carbocycles. The third kappa shape index (κ3) is 5.62. The van der Waals surface area contributed by atoms with Gasteiger partial charge < -0.3 is 19.3 Å². The average molecular weight is 605 g/mol. The number of morpholine rings is 1. The summed E-state index contributed by atoms with van der Waals surface area (Å²) in [6.07, 6.45) is 4.07. The molecule has 2 aromatic heterocycles. The number of hydrogen-bond donors (Lipinski definition) is 1. The van der Waals surface area contributed by atoms with E-state index in [0.717, 1.165) is 22.3 Å². The van der Waals surface area contributed by atoms with Crippen LogP contribution in [-0.4, -0.2) is 58.4 Å². The molecule has 2 aliphatic rings. The number of carbonyl (C=O) groups excluding carboxylic acids is 1. The number of aryl methyl sites for hydroxylation is 1. The molecule has 0 aliphatic carbocycles. The third-order valence-electron chi connectivity index (χ3n) is 8.63. The molecular formula is C35H36N6O4. The molecule has 4 aromatic rings. The highest BCUT2D eigenvalue weighted by Gasteiger charge is 2.31. The summed E-state index contributed by atoms with van der Waals surface area (Å²) in [4.78, 5) is 33.8. The Morgan fingerprint density at radius 3 is 2.53 bits per heavy atom. The molecule has 6 rings (SSSR count). The summed E-state index contributed by atoms with van der Waals surface area (Å²) in [6.45, 7) is 6.11. The van der Waals surface area contributed by atoms with Gasteiger partial charge in [0.2, 0.25) is 0 Å². The van der Waals surface area contributed by atoms with E-state index in [9.17, 15) is 20.0 Å². The fourth-order valence-electron chi connectivity index (χ4n) is 6.08. The van der Waals surface area contributed by atoms with E-state index in [1.807, 2.05) is 73.5 Å². The number of hydrazine groups is 1. The monoisotopic (exact) mass is 604 g/mol. The van der Waals surface area contributed by atoms with Gasteiger partial charge in [-0.15, -0.1) is 0 Å². The molecule has 1 saturated heterocycles. The quantitative estimate of drug-likeness (QED) is 0.332. The smallest absolute Gasteiger partial charge is 0.275 e. The topological polar surface area (TPSA) is 115 Å². The van der Waals surface area contributed by atoms with E-state index in [4.69, 9.17) is 4.74 Å². The number of rotatable bonds is 7. The maximum atomic E-state index is 13.8. The molecule has 0 atom stereocenters. The SMILES string of the molecule is Cn1cc(-c2cccc(N3CCc4cc(C(C)(C)C#N)ccc4C3=O)c2CO)cc(N(c2ccccn2)N2CCOCC2)c1=O. The van der Waals surface area contributed by atoms with E-state index in [-0.39, 0.29) is 18.1 Å². The first-order chi connectivity index (χ1) is 21.7. The van der Waals surface area contributed by atoms with Gasteiger partial charge >= 0.3 is 0 Å². The number of benzene rings is 2. The Labute approximate surface area is 262 Å². The molecule has 4 heterocycles. The fraction of sp³-hybridized carbons (Fsp3) is 0.314. The van der Waals surface area contributed by atoms with Crippen LogP contribution in [0.4, 0.5) is 17.2 Å². The molecule has 1 amide bonds. The van der Waals surface area contributed by atoms with Crippen LogP contribution in [0.3, 0.4) is 0 Å². The minimum absolute atomic E-state index is 0.154. The number of carbonyl (C=O) groups is 1. The average Bonchev–Trinajstić information content (AvgIpc) is 3.07. The Balaban J connectivity index is 1.42. The first kappa shape index (κ1) is 30.2. The van der Waals surface area contributed by atoms with Crippen LogP contribution in [0.25, 0.3) is 11.1 Å². The van der Waals surface area contributed by atoms with Gasteiger partial charge in [-0.25, -0.2) is 9.99 Å². The lowest BCUT2D eigenvalue weighted by atomic mass is 9.83. The van der Waals surface area contributed by atoms with E-state index in [1.165, 1.54) is 4.57 Å². The highest BCUT2D eigenvalue weighted by molar-refractivity contribution is 6.09. The van der Waals surface area contributed by atoms with E-state index >= 15 is 0 Å². The summed E-state index contributed by atoms with van der Waals surface area (Å²) in [5.41, 5.74) is 4.62. The summed E-state index contributed by atoms with van der Waals surface area (Å²) < 4.78 is 7.12. The van der Waals surface area contributed by atoms with E-state index in [2.05, 4.69) is 16.1 Å². The highest BCUT2D eigenvalue weighted by atomic mass is 16.5. The summed E-state index contributed by atoms with van der Waals surface area (Å²) in [5, 5.41) is 24.2. The Kier molecular flexibility index (Phi) is 8.25. The predicted molar refractivity (Wildman–Crippen MR) is 172 cm³/mol. The summed E-state index contributed by atoms with van der Waals surface area (Å²) >= 11 is 0. The van der Waals surface area contributed by atoms with Crippen molar-refractivity contribution in [2.24, 2.45) is 7.05 Å². The minimum atomic E-state index is -0.657. The second-order valence-corrected chi connectivity index (χ2v) is 11.9. The summed E-state index contributed by atoms with van der Waals surface area (Å²) in [7, 11) is 1.71. The number of nitrogens with zero attached hydrogens (tertiary/aromatic N) is 6. The number of pyridine rings is 2. The van der Waals surface area contributed by atoms with Crippen molar-refractivity contribution < 1.29 is 14.6 Å². The molecule has 1 N–H and O–H groups in total. The number of aliphatic hydroxyl groups excluding tert-OH is 1. The van der Waals surface area contributed by atoms with Crippen LogP contribution in [-0.2, 0) is 30.2 Å².